The summed E-state index contributed by atoms with van der Waals surface area (Å²) in [4.78, 5) is 25.8. The third-order valence-corrected chi connectivity index (χ3v) is 5.24. The van der Waals surface area contributed by atoms with Crippen molar-refractivity contribution in [2.45, 2.75) is 20.4 Å². The van der Waals surface area contributed by atoms with Gasteiger partial charge in [0.1, 0.15) is 18.1 Å². The van der Waals surface area contributed by atoms with Gasteiger partial charge >= 0.3 is 5.69 Å². The predicted molar refractivity (Wildman–Crippen MR) is 119 cm³/mol. The van der Waals surface area contributed by atoms with Crippen LogP contribution in [-0.2, 0) is 11.3 Å². The molecule has 0 fully saturated rings. The number of para-hydroxylation sites is 2. The summed E-state index contributed by atoms with van der Waals surface area (Å²) < 4.78 is 8.45. The van der Waals surface area contributed by atoms with E-state index in [4.69, 9.17) is 4.42 Å². The number of pyridine rings is 1. The second kappa shape index (κ2) is 7.28. The van der Waals surface area contributed by atoms with Gasteiger partial charge in [-0.1, -0.05) is 30.3 Å². The number of aryl methyl sites for hydroxylation is 2. The van der Waals surface area contributed by atoms with Gasteiger partial charge in [0.05, 0.1) is 11.2 Å². The molecule has 2 aromatic carbocycles. The first-order valence-electron chi connectivity index (χ1n) is 9.95. The summed E-state index contributed by atoms with van der Waals surface area (Å²) in [7, 11) is 0. The molecule has 5 rings (SSSR count). The molecule has 0 aliphatic carbocycles. The number of rotatable bonds is 4. The number of carbonyl (C=O) groups excluding carboxylic acids is 1. The summed E-state index contributed by atoms with van der Waals surface area (Å²) in [5.74, 6) is 1.11. The van der Waals surface area contributed by atoms with E-state index in [2.05, 4.69) is 10.4 Å². The summed E-state index contributed by atoms with van der Waals surface area (Å²) in [5.41, 5.74) is 3.21. The van der Waals surface area contributed by atoms with Crippen molar-refractivity contribution in [3.63, 3.8) is 0 Å². The van der Waals surface area contributed by atoms with Gasteiger partial charge in [-0.05, 0) is 61.2 Å². The lowest BCUT2D eigenvalue weighted by Crippen LogP contribution is -2.28. The quantitative estimate of drug-likeness (QED) is 0.480. The highest BCUT2D eigenvalue weighted by molar-refractivity contribution is 5.94. The Morgan fingerprint density at radius 2 is 1.81 bits per heavy atom. The largest absolute Gasteiger partial charge is 0.461 e. The minimum Gasteiger partial charge on any atom is -0.461 e. The fourth-order valence-electron chi connectivity index (χ4n) is 3.81. The number of nitrogens with zero attached hydrogens (tertiary/aromatic N) is 3. The number of benzene rings is 2. The van der Waals surface area contributed by atoms with Crippen molar-refractivity contribution in [1.82, 2.24) is 14.2 Å². The molecular formula is C24H20N4O3. The summed E-state index contributed by atoms with van der Waals surface area (Å²) in [6, 6.07) is 20.7. The van der Waals surface area contributed by atoms with E-state index >= 15 is 0 Å². The predicted octanol–water partition coefficient (Wildman–Crippen LogP) is 4.16. The molecule has 1 N–H and O–H groups in total. The number of nitrogens with one attached hydrogen (secondary N) is 1. The van der Waals surface area contributed by atoms with Gasteiger partial charge in [0, 0.05) is 5.56 Å². The van der Waals surface area contributed by atoms with Crippen LogP contribution in [0.5, 0.6) is 0 Å². The fraction of sp³-hybridized carbons (Fsp3) is 0.125. The Hall–Kier alpha value is -4.13. The molecule has 0 atom stereocenters. The SMILES string of the molecule is Cc1ccc(-c2ccccc2NC(=O)Cn2nc3c(C)cc4ccccc4n3c2=O)o1. The molecule has 154 valence electrons. The van der Waals surface area contributed by atoms with Crippen molar-refractivity contribution in [3.8, 4) is 11.3 Å². The Morgan fingerprint density at radius 3 is 2.61 bits per heavy atom. The Kier molecular flexibility index (Phi) is 4.43. The molecule has 31 heavy (non-hydrogen) atoms. The average molecular weight is 412 g/mol. The Bertz CT molecular complexity index is 1510. The summed E-state index contributed by atoms with van der Waals surface area (Å²) in [5, 5.41) is 8.24. The van der Waals surface area contributed by atoms with Crippen LogP contribution in [-0.4, -0.2) is 20.1 Å². The molecule has 3 aromatic heterocycles. The van der Waals surface area contributed by atoms with Crippen molar-refractivity contribution in [2.75, 3.05) is 5.32 Å². The van der Waals surface area contributed by atoms with Crippen LogP contribution in [0.25, 0.3) is 27.9 Å². The van der Waals surface area contributed by atoms with Crippen molar-refractivity contribution in [1.29, 1.82) is 0 Å². The monoisotopic (exact) mass is 412 g/mol. The maximum absolute atomic E-state index is 13.0. The molecular weight excluding hydrogens is 392 g/mol. The van der Waals surface area contributed by atoms with Gasteiger partial charge in [0.15, 0.2) is 5.65 Å². The van der Waals surface area contributed by atoms with Crippen LogP contribution in [0, 0.1) is 13.8 Å². The molecule has 3 heterocycles. The van der Waals surface area contributed by atoms with E-state index in [0.29, 0.717) is 17.1 Å². The Morgan fingerprint density at radius 1 is 1.03 bits per heavy atom. The first-order valence-corrected chi connectivity index (χ1v) is 9.95. The lowest BCUT2D eigenvalue weighted by Gasteiger charge is -2.09. The van der Waals surface area contributed by atoms with Gasteiger partial charge in [0.2, 0.25) is 5.91 Å². The van der Waals surface area contributed by atoms with Crippen LogP contribution in [0.4, 0.5) is 5.69 Å². The highest BCUT2D eigenvalue weighted by Gasteiger charge is 2.16. The molecule has 0 saturated heterocycles. The number of amides is 1. The molecule has 1 amide bonds. The summed E-state index contributed by atoms with van der Waals surface area (Å²) >= 11 is 0. The van der Waals surface area contributed by atoms with Crippen LogP contribution in [0.3, 0.4) is 0 Å². The number of fused-ring (bicyclic) bond motifs is 3. The Balaban J connectivity index is 1.48. The number of furan rings is 1. The highest BCUT2D eigenvalue weighted by atomic mass is 16.3. The maximum atomic E-state index is 13.0. The standard InChI is InChI=1S/C24H20N4O3/c1-15-13-17-7-3-6-10-20(17)28-23(15)26-27(24(28)30)14-22(29)25-19-9-5-4-8-18(19)21-12-11-16(2)31-21/h3-13H,14H2,1-2H3,(H,25,29). The van der Waals surface area contributed by atoms with Crippen molar-refractivity contribution < 1.29 is 9.21 Å². The summed E-state index contributed by atoms with van der Waals surface area (Å²) in [6.45, 7) is 3.58. The molecule has 0 radical (unpaired) electrons. The van der Waals surface area contributed by atoms with Gasteiger partial charge in [-0.25, -0.2) is 13.9 Å². The van der Waals surface area contributed by atoms with E-state index in [0.717, 1.165) is 27.8 Å². The van der Waals surface area contributed by atoms with Crippen LogP contribution in [0.1, 0.15) is 11.3 Å². The zero-order chi connectivity index (χ0) is 21.5. The number of carbonyl (C=O) groups is 1. The van der Waals surface area contributed by atoms with E-state index in [1.54, 1.807) is 10.5 Å². The van der Waals surface area contributed by atoms with Crippen molar-refractivity contribution >= 4 is 28.1 Å². The lowest BCUT2D eigenvalue weighted by atomic mass is 10.1. The minimum absolute atomic E-state index is 0.195. The first kappa shape index (κ1) is 18.9. The molecule has 0 unspecified atom stereocenters. The van der Waals surface area contributed by atoms with E-state index < -0.39 is 0 Å². The molecule has 5 aromatic rings. The van der Waals surface area contributed by atoms with E-state index in [-0.39, 0.29) is 18.1 Å². The topological polar surface area (TPSA) is 81.5 Å². The normalized spacial score (nSPS) is 11.3. The molecule has 7 heteroatoms. The third-order valence-electron chi connectivity index (χ3n) is 5.24. The van der Waals surface area contributed by atoms with E-state index in [1.165, 1.54) is 4.68 Å². The van der Waals surface area contributed by atoms with Gasteiger partial charge in [-0.15, -0.1) is 5.10 Å². The van der Waals surface area contributed by atoms with Crippen LogP contribution in [0.15, 0.2) is 75.9 Å². The van der Waals surface area contributed by atoms with Crippen molar-refractivity contribution in [3.05, 3.63) is 88.5 Å². The number of anilines is 1. The molecule has 0 aliphatic heterocycles. The zero-order valence-corrected chi connectivity index (χ0v) is 17.1. The zero-order valence-electron chi connectivity index (χ0n) is 17.1. The van der Waals surface area contributed by atoms with Crippen LogP contribution < -0.4 is 11.0 Å². The smallest absolute Gasteiger partial charge is 0.351 e. The molecule has 0 spiro atoms. The molecule has 0 saturated carbocycles. The molecule has 7 nitrogen and oxygen atoms in total. The van der Waals surface area contributed by atoms with Gasteiger partial charge in [-0.2, -0.15) is 0 Å². The van der Waals surface area contributed by atoms with Crippen molar-refractivity contribution in [2.24, 2.45) is 0 Å². The fourth-order valence-corrected chi connectivity index (χ4v) is 3.81. The first-order chi connectivity index (χ1) is 15.0. The maximum Gasteiger partial charge on any atom is 0.351 e. The lowest BCUT2D eigenvalue weighted by molar-refractivity contribution is -0.117. The second-order valence-electron chi connectivity index (χ2n) is 7.49. The van der Waals surface area contributed by atoms with E-state index in [1.807, 2.05) is 74.5 Å². The van der Waals surface area contributed by atoms with Gasteiger partial charge < -0.3 is 9.73 Å². The second-order valence-corrected chi connectivity index (χ2v) is 7.49. The molecule has 0 bridgehead atoms. The highest BCUT2D eigenvalue weighted by Crippen LogP contribution is 2.29. The third kappa shape index (κ3) is 3.30. The van der Waals surface area contributed by atoms with Crippen LogP contribution in [0.2, 0.25) is 0 Å². The molecule has 0 aliphatic rings. The Labute approximate surface area is 177 Å². The number of aromatic nitrogens is 3. The number of hydrogen-bond acceptors (Lipinski definition) is 4. The van der Waals surface area contributed by atoms with E-state index in [9.17, 15) is 9.59 Å². The van der Waals surface area contributed by atoms with Crippen LogP contribution >= 0.6 is 0 Å². The average Bonchev–Trinajstić information content (AvgIpc) is 3.33. The van der Waals surface area contributed by atoms with Gasteiger partial charge in [0.25, 0.3) is 0 Å². The summed E-state index contributed by atoms with van der Waals surface area (Å²) in [6.07, 6.45) is 0. The minimum atomic E-state index is -0.347. The van der Waals surface area contributed by atoms with Gasteiger partial charge in [-0.3, -0.25) is 4.79 Å². The number of hydrogen-bond donors (Lipinski definition) is 1.